The first-order valence-corrected chi connectivity index (χ1v) is 8.38. The van der Waals surface area contributed by atoms with Gasteiger partial charge in [-0.15, -0.1) is 0 Å². The molecule has 7 heteroatoms. The molecule has 0 amide bonds. The molecule has 4 nitrogen and oxygen atoms in total. The highest BCUT2D eigenvalue weighted by atomic mass is 79.9. The van der Waals surface area contributed by atoms with E-state index in [1.54, 1.807) is 0 Å². The minimum atomic E-state index is -3.12. The van der Waals surface area contributed by atoms with E-state index in [-0.39, 0.29) is 11.5 Å². The predicted octanol–water partition coefficient (Wildman–Crippen LogP) is 1.78. The third kappa shape index (κ3) is 3.21. The molecule has 0 aromatic heterocycles. The zero-order valence-electron chi connectivity index (χ0n) is 8.73. The lowest BCUT2D eigenvalue weighted by atomic mass is 10.2. The van der Waals surface area contributed by atoms with Gasteiger partial charge in [-0.3, -0.25) is 0 Å². The van der Waals surface area contributed by atoms with Crippen molar-refractivity contribution in [2.45, 2.75) is 12.1 Å². The van der Waals surface area contributed by atoms with Crippen LogP contribution in [0.5, 0.6) is 0 Å². The van der Waals surface area contributed by atoms with E-state index in [4.69, 9.17) is 0 Å². The zero-order valence-corrected chi connectivity index (χ0v) is 12.7. The summed E-state index contributed by atoms with van der Waals surface area (Å²) in [5.74, 6) is -0.199. The van der Waals surface area contributed by atoms with Crippen LogP contribution in [0, 0.1) is 0 Å². The van der Waals surface area contributed by atoms with E-state index in [9.17, 15) is 13.5 Å². The highest BCUT2D eigenvalue weighted by molar-refractivity contribution is 9.11. The summed E-state index contributed by atoms with van der Waals surface area (Å²) < 4.78 is 24.5. The summed E-state index contributed by atoms with van der Waals surface area (Å²) in [4.78, 5) is 0. The number of hydrogen-bond acceptors (Lipinski definition) is 4. The van der Waals surface area contributed by atoms with Crippen molar-refractivity contribution in [3.05, 3.63) is 27.1 Å². The predicted molar refractivity (Wildman–Crippen MR) is 73.9 cm³/mol. The number of aliphatic hydroxyl groups is 1. The summed E-state index contributed by atoms with van der Waals surface area (Å²) >= 11 is 6.72. The zero-order chi connectivity index (χ0) is 12.6. The van der Waals surface area contributed by atoms with Gasteiger partial charge in [0.1, 0.15) is 0 Å². The molecule has 0 bridgehead atoms. The summed E-state index contributed by atoms with van der Waals surface area (Å²) in [6.45, 7) is 0. The molecule has 1 aromatic carbocycles. The van der Waals surface area contributed by atoms with E-state index in [0.29, 0.717) is 0 Å². The number of halogens is 2. The summed E-state index contributed by atoms with van der Waals surface area (Å²) in [6.07, 6.45) is -0.851. The van der Waals surface area contributed by atoms with E-state index in [2.05, 4.69) is 37.2 Å². The Morgan fingerprint density at radius 3 is 2.53 bits per heavy atom. The molecule has 2 atom stereocenters. The van der Waals surface area contributed by atoms with Gasteiger partial charge in [0, 0.05) is 14.6 Å². The Kier molecular flexibility index (Phi) is 3.82. The fourth-order valence-electron chi connectivity index (χ4n) is 1.77. The number of anilines is 1. The molecule has 17 heavy (non-hydrogen) atoms. The molecule has 1 aliphatic rings. The largest absolute Gasteiger partial charge is 0.390 e. The van der Waals surface area contributed by atoms with E-state index in [0.717, 1.165) is 14.6 Å². The van der Waals surface area contributed by atoms with Crippen LogP contribution >= 0.6 is 31.9 Å². The van der Waals surface area contributed by atoms with Crippen molar-refractivity contribution in [3.63, 3.8) is 0 Å². The number of hydrogen-bond donors (Lipinski definition) is 2. The Hall–Kier alpha value is -0.110. The van der Waals surface area contributed by atoms with Crippen LogP contribution in [-0.4, -0.2) is 37.2 Å². The van der Waals surface area contributed by atoms with Gasteiger partial charge in [0.15, 0.2) is 9.84 Å². The first-order chi connectivity index (χ1) is 7.87. The van der Waals surface area contributed by atoms with Crippen LogP contribution in [0.2, 0.25) is 0 Å². The molecule has 0 saturated carbocycles. The molecule has 0 aliphatic carbocycles. The quantitative estimate of drug-likeness (QED) is 0.815. The van der Waals surface area contributed by atoms with Gasteiger partial charge < -0.3 is 10.4 Å². The molecule has 2 N–H and O–H groups in total. The lowest BCUT2D eigenvalue weighted by Crippen LogP contribution is -2.31. The maximum atomic E-state index is 11.4. The van der Waals surface area contributed by atoms with Crippen molar-refractivity contribution >= 4 is 47.4 Å². The number of rotatable bonds is 2. The molecule has 1 heterocycles. The van der Waals surface area contributed by atoms with Gasteiger partial charge in [0.05, 0.1) is 23.7 Å². The van der Waals surface area contributed by atoms with Crippen molar-refractivity contribution in [1.82, 2.24) is 0 Å². The molecule has 2 rings (SSSR count). The van der Waals surface area contributed by atoms with Crippen molar-refractivity contribution < 1.29 is 13.5 Å². The van der Waals surface area contributed by atoms with Crippen LogP contribution in [0.3, 0.4) is 0 Å². The Morgan fingerprint density at radius 1 is 1.29 bits per heavy atom. The summed E-state index contributed by atoms with van der Waals surface area (Å²) in [5, 5.41) is 12.7. The maximum Gasteiger partial charge on any atom is 0.155 e. The molecular weight excluding hydrogens is 374 g/mol. The molecule has 1 saturated heterocycles. The molecule has 1 fully saturated rings. The van der Waals surface area contributed by atoms with Crippen LogP contribution in [0.25, 0.3) is 0 Å². The smallest absolute Gasteiger partial charge is 0.155 e. The topological polar surface area (TPSA) is 66.4 Å². The normalized spacial score (nSPS) is 27.0. The average molecular weight is 385 g/mol. The second kappa shape index (κ2) is 4.87. The SMILES string of the molecule is O=S1(=O)CC(O)C(Nc2ccc(Br)cc2Br)C1. The van der Waals surface area contributed by atoms with E-state index < -0.39 is 22.0 Å². The number of nitrogens with one attached hydrogen (secondary N) is 1. The van der Waals surface area contributed by atoms with Crippen LogP contribution < -0.4 is 5.32 Å². The summed E-state index contributed by atoms with van der Waals surface area (Å²) in [7, 11) is -3.12. The molecule has 0 spiro atoms. The lowest BCUT2D eigenvalue weighted by molar-refractivity contribution is 0.190. The van der Waals surface area contributed by atoms with Crippen LogP contribution in [-0.2, 0) is 9.84 Å². The van der Waals surface area contributed by atoms with Crippen molar-refractivity contribution in [2.24, 2.45) is 0 Å². The standard InChI is InChI=1S/C10H11Br2NO3S/c11-6-1-2-8(7(12)3-6)13-9-4-17(15,16)5-10(9)14/h1-3,9-10,13-14H,4-5H2. The highest BCUT2D eigenvalue weighted by Gasteiger charge is 2.36. The van der Waals surface area contributed by atoms with Gasteiger partial charge in [-0.2, -0.15) is 0 Å². The van der Waals surface area contributed by atoms with E-state index in [1.807, 2.05) is 18.2 Å². The van der Waals surface area contributed by atoms with Gasteiger partial charge in [-0.25, -0.2) is 8.42 Å². The lowest BCUT2D eigenvalue weighted by Gasteiger charge is -2.17. The fraction of sp³-hybridized carbons (Fsp3) is 0.400. The average Bonchev–Trinajstić information content (AvgIpc) is 2.44. The summed E-state index contributed by atoms with van der Waals surface area (Å²) in [6, 6.07) is 5.09. The minimum Gasteiger partial charge on any atom is -0.390 e. The minimum absolute atomic E-state index is 0.0311. The fourth-order valence-corrected chi connectivity index (χ4v) is 4.68. The van der Waals surface area contributed by atoms with E-state index >= 15 is 0 Å². The van der Waals surface area contributed by atoms with Gasteiger partial charge in [-0.05, 0) is 34.1 Å². The Bertz CT molecular complexity index is 532. The summed E-state index contributed by atoms with van der Waals surface area (Å²) in [5.41, 5.74) is 0.773. The molecule has 0 radical (unpaired) electrons. The second-order valence-electron chi connectivity index (χ2n) is 4.02. The Morgan fingerprint density at radius 2 is 2.00 bits per heavy atom. The number of benzene rings is 1. The molecule has 2 unspecified atom stereocenters. The highest BCUT2D eigenvalue weighted by Crippen LogP contribution is 2.28. The van der Waals surface area contributed by atoms with Crippen LogP contribution in [0.15, 0.2) is 27.1 Å². The molecule has 1 aromatic rings. The third-order valence-electron chi connectivity index (χ3n) is 2.59. The maximum absolute atomic E-state index is 11.4. The first-order valence-electron chi connectivity index (χ1n) is 4.97. The monoisotopic (exact) mass is 383 g/mol. The van der Waals surface area contributed by atoms with Crippen molar-refractivity contribution in [2.75, 3.05) is 16.8 Å². The molecule has 94 valence electrons. The van der Waals surface area contributed by atoms with Gasteiger partial charge in [-0.1, -0.05) is 15.9 Å². The van der Waals surface area contributed by atoms with Crippen molar-refractivity contribution in [1.29, 1.82) is 0 Å². The number of aliphatic hydroxyl groups excluding tert-OH is 1. The second-order valence-corrected chi connectivity index (χ2v) is 7.94. The molecule has 1 aliphatic heterocycles. The van der Waals surface area contributed by atoms with Gasteiger partial charge in [0.25, 0.3) is 0 Å². The van der Waals surface area contributed by atoms with Crippen LogP contribution in [0.4, 0.5) is 5.69 Å². The van der Waals surface area contributed by atoms with Crippen molar-refractivity contribution in [3.8, 4) is 0 Å². The molecular formula is C10H11Br2NO3S. The Labute approximate surface area is 117 Å². The number of sulfone groups is 1. The third-order valence-corrected chi connectivity index (χ3v) is 5.46. The van der Waals surface area contributed by atoms with Gasteiger partial charge in [0.2, 0.25) is 0 Å². The van der Waals surface area contributed by atoms with Gasteiger partial charge >= 0.3 is 0 Å². The van der Waals surface area contributed by atoms with E-state index in [1.165, 1.54) is 0 Å². The first kappa shape index (κ1) is 13.3. The van der Waals surface area contributed by atoms with Crippen LogP contribution in [0.1, 0.15) is 0 Å². The Balaban J connectivity index is 2.17.